The number of nitrogens with zero attached hydrogens (tertiary/aromatic N) is 4. The van der Waals surface area contributed by atoms with E-state index < -0.39 is 0 Å². The van der Waals surface area contributed by atoms with Gasteiger partial charge >= 0.3 is 0 Å². The zero-order valence-corrected chi connectivity index (χ0v) is 14.0. The van der Waals surface area contributed by atoms with E-state index in [1.807, 2.05) is 12.5 Å². The number of aryl methyl sites for hydroxylation is 1. The first-order valence-corrected chi connectivity index (χ1v) is 8.35. The van der Waals surface area contributed by atoms with Crippen molar-refractivity contribution in [1.82, 2.24) is 19.5 Å². The van der Waals surface area contributed by atoms with E-state index in [9.17, 15) is 0 Å². The van der Waals surface area contributed by atoms with Gasteiger partial charge in [0.1, 0.15) is 11.5 Å². The number of anilines is 1. The maximum absolute atomic E-state index is 4.80. The number of imidazole rings is 1. The highest BCUT2D eigenvalue weighted by Crippen LogP contribution is 2.44. The highest BCUT2D eigenvalue weighted by atomic mass is 79.9. The number of nitrogens with one attached hydrogen (secondary N) is 1. The van der Waals surface area contributed by atoms with Gasteiger partial charge in [-0.25, -0.2) is 15.0 Å². The summed E-state index contributed by atoms with van der Waals surface area (Å²) in [6.45, 7) is 6.01. The number of aromatic nitrogens is 4. The Kier molecular flexibility index (Phi) is 4.24. The van der Waals surface area contributed by atoms with Crippen molar-refractivity contribution >= 4 is 21.7 Å². The van der Waals surface area contributed by atoms with Crippen LogP contribution in [0.25, 0.3) is 11.5 Å². The molecule has 1 aliphatic carbocycles. The van der Waals surface area contributed by atoms with E-state index in [0.717, 1.165) is 47.0 Å². The molecule has 5 nitrogen and oxygen atoms in total. The van der Waals surface area contributed by atoms with Gasteiger partial charge in [-0.2, -0.15) is 0 Å². The topological polar surface area (TPSA) is 55.6 Å². The van der Waals surface area contributed by atoms with Gasteiger partial charge in [0.05, 0.1) is 22.7 Å². The number of halogens is 1. The Morgan fingerprint density at radius 2 is 2.14 bits per heavy atom. The zero-order chi connectivity index (χ0) is 14.8. The fourth-order valence-electron chi connectivity index (χ4n) is 2.42. The highest BCUT2D eigenvalue weighted by Gasteiger charge is 2.30. The molecule has 1 saturated carbocycles. The molecule has 1 aliphatic rings. The maximum Gasteiger partial charge on any atom is 0.180 e. The van der Waals surface area contributed by atoms with Crippen molar-refractivity contribution in [2.24, 2.45) is 0 Å². The summed E-state index contributed by atoms with van der Waals surface area (Å²) < 4.78 is 3.13. The molecule has 2 aromatic rings. The van der Waals surface area contributed by atoms with E-state index in [-0.39, 0.29) is 0 Å². The highest BCUT2D eigenvalue weighted by molar-refractivity contribution is 9.10. The monoisotopic (exact) mass is 349 g/mol. The standard InChI is InChI=1S/C15H20BrN5/c1-3-7-21-9-17-8-11(21)14-19-13(10-5-6-10)12(16)15(20-14)18-4-2/h8-10H,3-7H2,1-2H3,(H,18,19,20). The molecule has 6 heteroatoms. The molecular formula is C15H20BrN5. The van der Waals surface area contributed by atoms with Crippen molar-refractivity contribution in [3.05, 3.63) is 22.7 Å². The van der Waals surface area contributed by atoms with Crippen molar-refractivity contribution in [1.29, 1.82) is 0 Å². The molecule has 0 atom stereocenters. The lowest BCUT2D eigenvalue weighted by molar-refractivity contribution is 0.681. The van der Waals surface area contributed by atoms with E-state index in [0.29, 0.717) is 5.92 Å². The maximum atomic E-state index is 4.80. The van der Waals surface area contributed by atoms with Gasteiger partial charge in [0.25, 0.3) is 0 Å². The van der Waals surface area contributed by atoms with Crippen molar-refractivity contribution in [3.8, 4) is 11.5 Å². The fraction of sp³-hybridized carbons (Fsp3) is 0.533. The molecule has 0 unspecified atom stereocenters. The van der Waals surface area contributed by atoms with Crippen molar-refractivity contribution in [3.63, 3.8) is 0 Å². The Labute approximate surface area is 133 Å². The second-order valence-electron chi connectivity index (χ2n) is 5.37. The molecule has 112 valence electrons. The van der Waals surface area contributed by atoms with Crippen molar-refractivity contribution < 1.29 is 0 Å². The molecule has 0 bridgehead atoms. The number of hydrogen-bond acceptors (Lipinski definition) is 4. The molecule has 0 saturated heterocycles. The Bertz CT molecular complexity index is 633. The Balaban J connectivity index is 2.06. The van der Waals surface area contributed by atoms with E-state index in [2.05, 4.69) is 49.6 Å². The molecule has 21 heavy (non-hydrogen) atoms. The summed E-state index contributed by atoms with van der Waals surface area (Å²) in [4.78, 5) is 13.7. The lowest BCUT2D eigenvalue weighted by Crippen LogP contribution is -2.07. The van der Waals surface area contributed by atoms with Crippen molar-refractivity contribution in [2.45, 2.75) is 45.6 Å². The summed E-state index contributed by atoms with van der Waals surface area (Å²) in [7, 11) is 0. The van der Waals surface area contributed by atoms with Gasteiger partial charge in [-0.3, -0.25) is 0 Å². The summed E-state index contributed by atoms with van der Waals surface area (Å²) in [5.74, 6) is 2.22. The Hall–Kier alpha value is -1.43. The van der Waals surface area contributed by atoms with Crippen LogP contribution in [0.15, 0.2) is 17.0 Å². The third-order valence-electron chi connectivity index (χ3n) is 3.59. The van der Waals surface area contributed by atoms with Gasteiger partial charge in [0.2, 0.25) is 0 Å². The summed E-state index contributed by atoms with van der Waals surface area (Å²) in [5, 5.41) is 3.33. The first-order chi connectivity index (χ1) is 10.2. The van der Waals surface area contributed by atoms with Gasteiger partial charge < -0.3 is 9.88 Å². The van der Waals surface area contributed by atoms with Crippen LogP contribution in [-0.4, -0.2) is 26.1 Å². The summed E-state index contributed by atoms with van der Waals surface area (Å²) >= 11 is 3.66. The lowest BCUT2D eigenvalue weighted by Gasteiger charge is -2.13. The SMILES string of the molecule is CCCn1cncc1-c1nc(NCC)c(Br)c(C2CC2)n1. The molecule has 0 aliphatic heterocycles. The minimum atomic E-state index is 0.570. The molecule has 0 radical (unpaired) electrons. The second kappa shape index (κ2) is 6.13. The van der Waals surface area contributed by atoms with E-state index in [1.54, 1.807) is 0 Å². The van der Waals surface area contributed by atoms with Crippen LogP contribution in [-0.2, 0) is 6.54 Å². The second-order valence-corrected chi connectivity index (χ2v) is 6.16. The predicted molar refractivity (Wildman–Crippen MR) is 87.4 cm³/mol. The van der Waals surface area contributed by atoms with Crippen molar-refractivity contribution in [2.75, 3.05) is 11.9 Å². The quantitative estimate of drug-likeness (QED) is 0.861. The smallest absolute Gasteiger partial charge is 0.180 e. The third-order valence-corrected chi connectivity index (χ3v) is 4.37. The number of rotatable bonds is 6. The molecule has 0 aromatic carbocycles. The van der Waals surface area contributed by atoms with Crippen LogP contribution in [0.4, 0.5) is 5.82 Å². The summed E-state index contributed by atoms with van der Waals surface area (Å²) in [6.07, 6.45) is 7.21. The fourth-order valence-corrected chi connectivity index (χ4v) is 3.06. The summed E-state index contributed by atoms with van der Waals surface area (Å²) in [5.41, 5.74) is 2.12. The van der Waals surface area contributed by atoms with Crippen LogP contribution >= 0.6 is 15.9 Å². The van der Waals surface area contributed by atoms with Crippen LogP contribution in [0, 0.1) is 0 Å². The first-order valence-electron chi connectivity index (χ1n) is 7.56. The third kappa shape index (κ3) is 2.95. The van der Waals surface area contributed by atoms with Gasteiger partial charge in [0.15, 0.2) is 5.82 Å². The minimum Gasteiger partial charge on any atom is -0.369 e. The van der Waals surface area contributed by atoms with Crippen LogP contribution in [0.1, 0.15) is 44.7 Å². The Morgan fingerprint density at radius 3 is 2.81 bits per heavy atom. The van der Waals surface area contributed by atoms with Crippen LogP contribution in [0.2, 0.25) is 0 Å². The van der Waals surface area contributed by atoms with E-state index >= 15 is 0 Å². The molecule has 1 fully saturated rings. The van der Waals surface area contributed by atoms with Crippen LogP contribution in [0.3, 0.4) is 0 Å². The normalized spacial score (nSPS) is 14.4. The van der Waals surface area contributed by atoms with Crippen LogP contribution < -0.4 is 5.32 Å². The average Bonchev–Trinajstić information content (AvgIpc) is 3.21. The van der Waals surface area contributed by atoms with Gasteiger partial charge in [-0.1, -0.05) is 6.92 Å². The Morgan fingerprint density at radius 1 is 1.33 bits per heavy atom. The van der Waals surface area contributed by atoms with Gasteiger partial charge in [0, 0.05) is 19.0 Å². The van der Waals surface area contributed by atoms with Crippen LogP contribution in [0.5, 0.6) is 0 Å². The zero-order valence-electron chi connectivity index (χ0n) is 12.4. The molecule has 1 N–H and O–H groups in total. The molecule has 0 spiro atoms. The first kappa shape index (κ1) is 14.5. The predicted octanol–water partition coefficient (Wildman–Crippen LogP) is 3.82. The van der Waals surface area contributed by atoms with Gasteiger partial charge in [-0.15, -0.1) is 0 Å². The largest absolute Gasteiger partial charge is 0.369 e. The molecular weight excluding hydrogens is 330 g/mol. The van der Waals surface area contributed by atoms with E-state index in [4.69, 9.17) is 4.98 Å². The van der Waals surface area contributed by atoms with Gasteiger partial charge in [-0.05, 0) is 42.1 Å². The lowest BCUT2D eigenvalue weighted by atomic mass is 10.2. The minimum absolute atomic E-state index is 0.570. The molecule has 2 heterocycles. The number of hydrogen-bond donors (Lipinski definition) is 1. The van der Waals surface area contributed by atoms with E-state index in [1.165, 1.54) is 12.8 Å². The molecule has 2 aromatic heterocycles. The summed E-state index contributed by atoms with van der Waals surface area (Å²) in [6, 6.07) is 0. The molecule has 0 amide bonds. The average molecular weight is 350 g/mol. The molecule has 3 rings (SSSR count).